The summed E-state index contributed by atoms with van der Waals surface area (Å²) in [5.41, 5.74) is 0. The van der Waals surface area contributed by atoms with Crippen LogP contribution in [0, 0.1) is 5.92 Å². The molecular weight excluding hydrogens is 230 g/mol. The molecule has 1 heterocycles. The Morgan fingerprint density at radius 2 is 2.00 bits per heavy atom. The van der Waals surface area contributed by atoms with Gasteiger partial charge in [-0.25, -0.2) is 0 Å². The first-order valence-corrected chi connectivity index (χ1v) is 7.27. The fourth-order valence-corrected chi connectivity index (χ4v) is 2.24. The van der Waals surface area contributed by atoms with E-state index in [1.165, 1.54) is 19.3 Å². The Hall–Kier alpha value is -0.610. The molecule has 0 aromatic heterocycles. The van der Waals surface area contributed by atoms with Crippen LogP contribution in [0.25, 0.3) is 0 Å². The van der Waals surface area contributed by atoms with Crippen molar-refractivity contribution in [1.82, 2.24) is 5.32 Å². The summed E-state index contributed by atoms with van der Waals surface area (Å²) in [4.78, 5) is 11.9. The summed E-state index contributed by atoms with van der Waals surface area (Å²) in [7, 11) is 0. The van der Waals surface area contributed by atoms with Crippen LogP contribution in [0.15, 0.2) is 0 Å². The van der Waals surface area contributed by atoms with Gasteiger partial charge in [0.2, 0.25) is 0 Å². The van der Waals surface area contributed by atoms with E-state index >= 15 is 0 Å². The highest BCUT2D eigenvalue weighted by molar-refractivity contribution is 5.73. The molecule has 4 heteroatoms. The number of esters is 1. The monoisotopic (exact) mass is 257 g/mol. The molecule has 1 aliphatic heterocycles. The first-order valence-electron chi connectivity index (χ1n) is 7.27. The second-order valence-electron chi connectivity index (χ2n) is 4.89. The van der Waals surface area contributed by atoms with Crippen molar-refractivity contribution in [3.8, 4) is 0 Å². The van der Waals surface area contributed by atoms with E-state index in [0.29, 0.717) is 19.8 Å². The van der Waals surface area contributed by atoms with Gasteiger partial charge in [-0.3, -0.25) is 4.79 Å². The van der Waals surface area contributed by atoms with Crippen LogP contribution in [0.4, 0.5) is 0 Å². The van der Waals surface area contributed by atoms with Gasteiger partial charge in [0.25, 0.3) is 0 Å². The minimum absolute atomic E-state index is 0.103. The van der Waals surface area contributed by atoms with E-state index in [0.717, 1.165) is 19.4 Å². The van der Waals surface area contributed by atoms with E-state index in [-0.39, 0.29) is 17.9 Å². The van der Waals surface area contributed by atoms with Gasteiger partial charge in [0, 0.05) is 6.04 Å². The van der Waals surface area contributed by atoms with Crippen LogP contribution in [-0.4, -0.2) is 38.4 Å². The molecule has 0 spiro atoms. The normalized spacial score (nSPS) is 23.2. The van der Waals surface area contributed by atoms with Crippen LogP contribution in [-0.2, 0) is 14.3 Å². The van der Waals surface area contributed by atoms with E-state index < -0.39 is 0 Å². The Bertz CT molecular complexity index is 233. The molecule has 0 radical (unpaired) electrons. The fourth-order valence-electron chi connectivity index (χ4n) is 2.24. The van der Waals surface area contributed by atoms with Crippen molar-refractivity contribution in [2.75, 3.05) is 26.4 Å². The number of hydrogen-bond donors (Lipinski definition) is 1. The lowest BCUT2D eigenvalue weighted by molar-refractivity contribution is -0.149. The number of nitrogens with one attached hydrogen (secondary N) is 1. The molecule has 2 atom stereocenters. The van der Waals surface area contributed by atoms with Crippen molar-refractivity contribution < 1.29 is 14.3 Å². The Labute approximate surface area is 110 Å². The average Bonchev–Trinajstić information content (AvgIpc) is 2.82. The lowest BCUT2D eigenvalue weighted by Gasteiger charge is -2.16. The van der Waals surface area contributed by atoms with Crippen LogP contribution in [0.1, 0.15) is 46.0 Å². The van der Waals surface area contributed by atoms with Crippen LogP contribution < -0.4 is 5.32 Å². The van der Waals surface area contributed by atoms with Gasteiger partial charge in [0.05, 0.1) is 25.7 Å². The highest BCUT2D eigenvalue weighted by Gasteiger charge is 2.34. The minimum Gasteiger partial charge on any atom is -0.465 e. The van der Waals surface area contributed by atoms with Crippen LogP contribution >= 0.6 is 0 Å². The summed E-state index contributed by atoms with van der Waals surface area (Å²) in [6.45, 7) is 6.75. The van der Waals surface area contributed by atoms with Gasteiger partial charge in [0.15, 0.2) is 0 Å². The summed E-state index contributed by atoms with van der Waals surface area (Å²) in [6, 6.07) is 0.127. The SMILES string of the molecule is CCCCCCCOC(=O)C1COCC1NCC. The molecular formula is C14H27NO3. The smallest absolute Gasteiger partial charge is 0.312 e. The average molecular weight is 257 g/mol. The molecule has 0 saturated carbocycles. The van der Waals surface area contributed by atoms with E-state index in [9.17, 15) is 4.79 Å². The number of carbonyl (C=O) groups excluding carboxylic acids is 1. The zero-order chi connectivity index (χ0) is 13.2. The lowest BCUT2D eigenvalue weighted by Crippen LogP contribution is -2.39. The van der Waals surface area contributed by atoms with E-state index in [4.69, 9.17) is 9.47 Å². The number of hydrogen-bond acceptors (Lipinski definition) is 4. The van der Waals surface area contributed by atoms with Gasteiger partial charge in [-0.2, -0.15) is 0 Å². The Kier molecular flexibility index (Phi) is 8.01. The maximum Gasteiger partial charge on any atom is 0.312 e. The molecule has 1 rings (SSSR count). The highest BCUT2D eigenvalue weighted by Crippen LogP contribution is 2.15. The van der Waals surface area contributed by atoms with Crippen molar-refractivity contribution in [3.05, 3.63) is 0 Å². The number of likely N-dealkylation sites (N-methyl/N-ethyl adjacent to an activating group) is 1. The summed E-state index contributed by atoms with van der Waals surface area (Å²) in [5.74, 6) is -0.227. The third kappa shape index (κ3) is 5.36. The maximum absolute atomic E-state index is 11.9. The quantitative estimate of drug-likeness (QED) is 0.508. The second-order valence-corrected chi connectivity index (χ2v) is 4.89. The predicted molar refractivity (Wildman–Crippen MR) is 71.5 cm³/mol. The van der Waals surface area contributed by atoms with Crippen molar-refractivity contribution >= 4 is 5.97 Å². The largest absolute Gasteiger partial charge is 0.465 e. The summed E-state index contributed by atoms with van der Waals surface area (Å²) < 4.78 is 10.7. The molecule has 1 aliphatic rings. The molecule has 4 nitrogen and oxygen atoms in total. The maximum atomic E-state index is 11.9. The van der Waals surface area contributed by atoms with Gasteiger partial charge in [0.1, 0.15) is 0 Å². The zero-order valence-electron chi connectivity index (χ0n) is 11.7. The van der Waals surface area contributed by atoms with Crippen molar-refractivity contribution in [2.24, 2.45) is 5.92 Å². The molecule has 1 saturated heterocycles. The Morgan fingerprint density at radius 1 is 1.22 bits per heavy atom. The zero-order valence-corrected chi connectivity index (χ0v) is 11.7. The Morgan fingerprint density at radius 3 is 2.72 bits per heavy atom. The molecule has 0 aliphatic carbocycles. The minimum atomic E-state index is -0.124. The molecule has 1 fully saturated rings. The fraction of sp³-hybridized carbons (Fsp3) is 0.929. The second kappa shape index (κ2) is 9.34. The number of unbranched alkanes of at least 4 members (excludes halogenated alkanes) is 4. The van der Waals surface area contributed by atoms with E-state index in [1.807, 2.05) is 6.92 Å². The topological polar surface area (TPSA) is 47.6 Å². The number of carbonyl (C=O) groups is 1. The van der Waals surface area contributed by atoms with Crippen molar-refractivity contribution in [2.45, 2.75) is 52.0 Å². The first kappa shape index (κ1) is 15.4. The van der Waals surface area contributed by atoms with E-state index in [1.54, 1.807) is 0 Å². The highest BCUT2D eigenvalue weighted by atomic mass is 16.5. The molecule has 2 unspecified atom stereocenters. The first-order chi connectivity index (χ1) is 8.79. The van der Waals surface area contributed by atoms with Gasteiger partial charge >= 0.3 is 5.97 Å². The van der Waals surface area contributed by atoms with E-state index in [2.05, 4.69) is 12.2 Å². The van der Waals surface area contributed by atoms with Gasteiger partial charge in [-0.1, -0.05) is 39.5 Å². The molecule has 0 amide bonds. The molecule has 106 valence electrons. The summed E-state index contributed by atoms with van der Waals surface area (Å²) >= 11 is 0. The summed E-state index contributed by atoms with van der Waals surface area (Å²) in [6.07, 6.45) is 5.88. The van der Waals surface area contributed by atoms with Gasteiger partial charge in [-0.15, -0.1) is 0 Å². The molecule has 0 bridgehead atoms. The molecule has 18 heavy (non-hydrogen) atoms. The van der Waals surface area contributed by atoms with Crippen molar-refractivity contribution in [1.29, 1.82) is 0 Å². The van der Waals surface area contributed by atoms with Crippen molar-refractivity contribution in [3.63, 3.8) is 0 Å². The third-order valence-electron chi connectivity index (χ3n) is 3.34. The predicted octanol–water partition coefficient (Wildman–Crippen LogP) is 2.12. The Balaban J connectivity index is 2.12. The van der Waals surface area contributed by atoms with Crippen LogP contribution in [0.3, 0.4) is 0 Å². The van der Waals surface area contributed by atoms with Gasteiger partial charge in [-0.05, 0) is 13.0 Å². The standard InChI is InChI=1S/C14H27NO3/c1-3-5-6-7-8-9-18-14(16)12-10-17-11-13(12)15-4-2/h12-13,15H,3-11H2,1-2H3. The molecule has 0 aromatic carbocycles. The molecule has 1 N–H and O–H groups in total. The number of rotatable bonds is 9. The third-order valence-corrected chi connectivity index (χ3v) is 3.34. The lowest BCUT2D eigenvalue weighted by atomic mass is 10.0. The van der Waals surface area contributed by atoms with Crippen LogP contribution in [0.2, 0.25) is 0 Å². The summed E-state index contributed by atoms with van der Waals surface area (Å²) in [5, 5.41) is 3.27. The van der Waals surface area contributed by atoms with Crippen LogP contribution in [0.5, 0.6) is 0 Å². The number of ether oxygens (including phenoxy) is 2. The van der Waals surface area contributed by atoms with Gasteiger partial charge < -0.3 is 14.8 Å². The molecule has 0 aromatic rings.